The van der Waals surface area contributed by atoms with Crippen LogP contribution in [0.4, 0.5) is 5.69 Å². The molecule has 0 aliphatic rings. The third-order valence-electron chi connectivity index (χ3n) is 2.09. The van der Waals surface area contributed by atoms with Gasteiger partial charge < -0.3 is 15.2 Å². The van der Waals surface area contributed by atoms with E-state index in [0.29, 0.717) is 23.9 Å². The largest absolute Gasteiger partial charge is 0.491 e. The maximum atomic E-state index is 5.91. The van der Waals surface area contributed by atoms with E-state index in [2.05, 4.69) is 0 Å². The fourth-order valence-corrected chi connectivity index (χ4v) is 1.43. The van der Waals surface area contributed by atoms with Crippen LogP contribution in [0.5, 0.6) is 5.75 Å². The fraction of sp³-hybridized carbons (Fsp3) is 0.500. The molecular weight excluding hydrogens is 226 g/mol. The summed E-state index contributed by atoms with van der Waals surface area (Å²) in [6.45, 7) is 7.00. The SMILES string of the molecule is Cc1cc(N)c(Cl)cc1OCCOC(C)C. The molecule has 90 valence electrons. The van der Waals surface area contributed by atoms with Crippen molar-refractivity contribution >= 4 is 17.3 Å². The molecule has 0 heterocycles. The number of ether oxygens (including phenoxy) is 2. The molecule has 0 unspecified atom stereocenters. The maximum Gasteiger partial charge on any atom is 0.123 e. The van der Waals surface area contributed by atoms with Crippen molar-refractivity contribution in [3.05, 3.63) is 22.7 Å². The molecule has 1 aromatic carbocycles. The Morgan fingerprint density at radius 2 is 2.00 bits per heavy atom. The van der Waals surface area contributed by atoms with Gasteiger partial charge in [-0.3, -0.25) is 0 Å². The van der Waals surface area contributed by atoms with Crippen LogP contribution in [0.15, 0.2) is 12.1 Å². The first-order valence-electron chi connectivity index (χ1n) is 5.30. The van der Waals surface area contributed by atoms with Crippen molar-refractivity contribution in [1.29, 1.82) is 0 Å². The van der Waals surface area contributed by atoms with E-state index in [9.17, 15) is 0 Å². The Kier molecular flexibility index (Phi) is 4.90. The van der Waals surface area contributed by atoms with E-state index in [-0.39, 0.29) is 6.10 Å². The lowest BCUT2D eigenvalue weighted by atomic mass is 10.2. The normalized spacial score (nSPS) is 10.8. The van der Waals surface area contributed by atoms with E-state index in [1.165, 1.54) is 0 Å². The lowest BCUT2D eigenvalue weighted by molar-refractivity contribution is 0.0551. The third-order valence-corrected chi connectivity index (χ3v) is 2.41. The zero-order chi connectivity index (χ0) is 12.1. The first-order valence-corrected chi connectivity index (χ1v) is 5.68. The number of aryl methyl sites for hydroxylation is 1. The molecule has 0 aromatic heterocycles. The summed E-state index contributed by atoms with van der Waals surface area (Å²) in [6, 6.07) is 3.54. The molecule has 0 amide bonds. The predicted octanol–water partition coefficient (Wildman–Crippen LogP) is 3.03. The van der Waals surface area contributed by atoms with Crippen LogP contribution in [-0.4, -0.2) is 19.3 Å². The van der Waals surface area contributed by atoms with Crippen molar-refractivity contribution in [3.63, 3.8) is 0 Å². The maximum absolute atomic E-state index is 5.91. The second-order valence-corrected chi connectivity index (χ2v) is 4.31. The van der Waals surface area contributed by atoms with Crippen molar-refractivity contribution < 1.29 is 9.47 Å². The molecule has 0 fully saturated rings. The van der Waals surface area contributed by atoms with Crippen LogP contribution in [0.2, 0.25) is 5.02 Å². The summed E-state index contributed by atoms with van der Waals surface area (Å²) in [5.74, 6) is 0.756. The summed E-state index contributed by atoms with van der Waals surface area (Å²) < 4.78 is 10.9. The summed E-state index contributed by atoms with van der Waals surface area (Å²) in [6.07, 6.45) is 0.222. The quantitative estimate of drug-likeness (QED) is 0.639. The minimum atomic E-state index is 0.222. The first kappa shape index (κ1) is 13.1. The number of nitrogens with two attached hydrogens (primary N) is 1. The number of hydrogen-bond donors (Lipinski definition) is 1. The monoisotopic (exact) mass is 243 g/mol. The van der Waals surface area contributed by atoms with Crippen molar-refractivity contribution in [2.24, 2.45) is 0 Å². The predicted molar refractivity (Wildman–Crippen MR) is 67.2 cm³/mol. The summed E-state index contributed by atoms with van der Waals surface area (Å²) in [7, 11) is 0. The molecule has 2 N–H and O–H groups in total. The molecule has 0 bridgehead atoms. The van der Waals surface area contributed by atoms with Crippen LogP contribution in [0.3, 0.4) is 0 Å². The molecule has 0 spiro atoms. The third kappa shape index (κ3) is 3.91. The minimum absolute atomic E-state index is 0.222. The Hall–Kier alpha value is -0.930. The van der Waals surface area contributed by atoms with Crippen molar-refractivity contribution in [2.45, 2.75) is 26.9 Å². The second-order valence-electron chi connectivity index (χ2n) is 3.91. The molecule has 0 saturated heterocycles. The topological polar surface area (TPSA) is 44.5 Å². The molecule has 0 aliphatic carbocycles. The molecule has 4 heteroatoms. The van der Waals surface area contributed by atoms with Gasteiger partial charge in [-0.15, -0.1) is 0 Å². The van der Waals surface area contributed by atoms with Crippen LogP contribution in [0.1, 0.15) is 19.4 Å². The Bertz CT molecular complexity index is 353. The van der Waals surface area contributed by atoms with Crippen LogP contribution in [-0.2, 0) is 4.74 Å². The molecule has 0 atom stereocenters. The van der Waals surface area contributed by atoms with E-state index in [1.54, 1.807) is 12.1 Å². The first-order chi connectivity index (χ1) is 7.50. The van der Waals surface area contributed by atoms with Crippen molar-refractivity contribution in [2.75, 3.05) is 18.9 Å². The van der Waals surface area contributed by atoms with Gasteiger partial charge in [0.15, 0.2) is 0 Å². The number of benzene rings is 1. The van der Waals surface area contributed by atoms with Crippen LogP contribution >= 0.6 is 11.6 Å². The van der Waals surface area contributed by atoms with Gasteiger partial charge in [-0.05, 0) is 32.4 Å². The highest BCUT2D eigenvalue weighted by atomic mass is 35.5. The summed E-state index contributed by atoms with van der Waals surface area (Å²) in [4.78, 5) is 0. The highest BCUT2D eigenvalue weighted by molar-refractivity contribution is 6.33. The summed E-state index contributed by atoms with van der Waals surface area (Å²) in [5.41, 5.74) is 7.22. The van der Waals surface area contributed by atoms with E-state index in [4.69, 9.17) is 26.8 Å². The van der Waals surface area contributed by atoms with Gasteiger partial charge in [0.1, 0.15) is 12.4 Å². The van der Waals surface area contributed by atoms with Crippen molar-refractivity contribution in [1.82, 2.24) is 0 Å². The highest BCUT2D eigenvalue weighted by Gasteiger charge is 2.04. The standard InChI is InChI=1S/C12H18ClNO2/c1-8(2)15-4-5-16-12-7-10(13)11(14)6-9(12)3/h6-8H,4-5,14H2,1-3H3. The molecule has 0 aliphatic heterocycles. The van der Waals surface area contributed by atoms with E-state index in [1.807, 2.05) is 20.8 Å². The van der Waals surface area contributed by atoms with Gasteiger partial charge in [0.05, 0.1) is 23.4 Å². The van der Waals surface area contributed by atoms with Gasteiger partial charge in [-0.2, -0.15) is 0 Å². The Balaban J connectivity index is 2.51. The lowest BCUT2D eigenvalue weighted by Gasteiger charge is -2.12. The zero-order valence-corrected chi connectivity index (χ0v) is 10.7. The van der Waals surface area contributed by atoms with E-state index in [0.717, 1.165) is 11.3 Å². The molecule has 0 radical (unpaired) electrons. The van der Waals surface area contributed by atoms with Gasteiger partial charge in [0, 0.05) is 6.07 Å². The van der Waals surface area contributed by atoms with Gasteiger partial charge in [0.2, 0.25) is 0 Å². The number of nitrogen functional groups attached to an aromatic ring is 1. The highest BCUT2D eigenvalue weighted by Crippen LogP contribution is 2.28. The lowest BCUT2D eigenvalue weighted by Crippen LogP contribution is -2.11. The minimum Gasteiger partial charge on any atom is -0.491 e. The van der Waals surface area contributed by atoms with Gasteiger partial charge in [-0.25, -0.2) is 0 Å². The summed E-state index contributed by atoms with van der Waals surface area (Å²) in [5, 5.41) is 0.519. The molecule has 1 aromatic rings. The Labute approximate surface area is 101 Å². The van der Waals surface area contributed by atoms with E-state index < -0.39 is 0 Å². The fourth-order valence-electron chi connectivity index (χ4n) is 1.28. The average molecular weight is 244 g/mol. The summed E-state index contributed by atoms with van der Waals surface area (Å²) >= 11 is 5.91. The smallest absolute Gasteiger partial charge is 0.123 e. The van der Waals surface area contributed by atoms with Gasteiger partial charge in [0.25, 0.3) is 0 Å². The van der Waals surface area contributed by atoms with Gasteiger partial charge >= 0.3 is 0 Å². The number of anilines is 1. The Morgan fingerprint density at radius 3 is 2.62 bits per heavy atom. The number of halogens is 1. The van der Waals surface area contributed by atoms with E-state index >= 15 is 0 Å². The second kappa shape index (κ2) is 5.97. The van der Waals surface area contributed by atoms with Crippen LogP contribution in [0.25, 0.3) is 0 Å². The molecule has 16 heavy (non-hydrogen) atoms. The van der Waals surface area contributed by atoms with Crippen LogP contribution in [0, 0.1) is 6.92 Å². The molecule has 0 saturated carbocycles. The molecule has 1 rings (SSSR count). The molecule has 3 nitrogen and oxygen atoms in total. The number of hydrogen-bond acceptors (Lipinski definition) is 3. The zero-order valence-electron chi connectivity index (χ0n) is 9.92. The van der Waals surface area contributed by atoms with Crippen molar-refractivity contribution in [3.8, 4) is 5.75 Å². The average Bonchev–Trinajstić information content (AvgIpc) is 2.19. The van der Waals surface area contributed by atoms with Gasteiger partial charge in [-0.1, -0.05) is 11.6 Å². The van der Waals surface area contributed by atoms with Crippen LogP contribution < -0.4 is 10.5 Å². The number of rotatable bonds is 5. The molecular formula is C12H18ClNO2. The Morgan fingerprint density at radius 1 is 1.31 bits per heavy atom.